The molecule has 2 heterocycles. The maximum Gasteiger partial charge on any atom is 0.329 e. The Morgan fingerprint density at radius 3 is 2.56 bits per heavy atom. The van der Waals surface area contributed by atoms with Crippen molar-refractivity contribution in [1.82, 2.24) is 14.1 Å². The fourth-order valence-corrected chi connectivity index (χ4v) is 3.21. The van der Waals surface area contributed by atoms with Crippen LogP contribution in [0.25, 0.3) is 22.4 Å². The molecule has 25 heavy (non-hydrogen) atoms. The number of aryl methyl sites for hydroxylation is 1. The zero-order valence-electron chi connectivity index (χ0n) is 13.6. The highest BCUT2D eigenvalue weighted by molar-refractivity contribution is 6.30. The predicted molar refractivity (Wildman–Crippen MR) is 97.9 cm³/mol. The van der Waals surface area contributed by atoms with Crippen LogP contribution < -0.4 is 5.69 Å². The standard InChI is InChI=1S/C19H16ClN3O2/c1-2-22-15-8-3-4-9-16(15)23(19(22)24)12-18-21-11-17(25-18)13-6-5-7-14(20)10-13/h3-11H,2,12H2,1H3. The topological polar surface area (TPSA) is 53.0 Å². The SMILES string of the molecule is CCn1c(=O)n(Cc2ncc(-c3cccc(Cl)c3)o2)c2ccccc21. The van der Waals surface area contributed by atoms with E-state index in [-0.39, 0.29) is 12.2 Å². The first-order chi connectivity index (χ1) is 12.2. The van der Waals surface area contributed by atoms with Gasteiger partial charge in [-0.15, -0.1) is 0 Å². The molecule has 126 valence electrons. The van der Waals surface area contributed by atoms with Crippen LogP contribution in [0, 0.1) is 0 Å². The molecular formula is C19H16ClN3O2. The van der Waals surface area contributed by atoms with Crippen LogP contribution in [0.1, 0.15) is 12.8 Å². The van der Waals surface area contributed by atoms with Crippen LogP contribution in [0.3, 0.4) is 0 Å². The van der Waals surface area contributed by atoms with Gasteiger partial charge in [-0.2, -0.15) is 0 Å². The Hall–Kier alpha value is -2.79. The largest absolute Gasteiger partial charge is 0.439 e. The normalized spacial score (nSPS) is 11.3. The van der Waals surface area contributed by atoms with Crippen molar-refractivity contribution in [3.63, 3.8) is 0 Å². The minimum atomic E-state index is -0.0637. The summed E-state index contributed by atoms with van der Waals surface area (Å²) in [6, 6.07) is 15.1. The molecule has 0 aliphatic heterocycles. The summed E-state index contributed by atoms with van der Waals surface area (Å²) in [6.45, 7) is 2.86. The minimum Gasteiger partial charge on any atom is -0.439 e. The molecule has 0 unspecified atom stereocenters. The van der Waals surface area contributed by atoms with Crippen molar-refractivity contribution >= 4 is 22.6 Å². The monoisotopic (exact) mass is 353 g/mol. The van der Waals surface area contributed by atoms with E-state index in [4.69, 9.17) is 16.0 Å². The molecule has 0 saturated heterocycles. The van der Waals surface area contributed by atoms with Gasteiger partial charge in [0.2, 0.25) is 5.89 Å². The van der Waals surface area contributed by atoms with Gasteiger partial charge in [0.15, 0.2) is 5.76 Å². The van der Waals surface area contributed by atoms with E-state index >= 15 is 0 Å². The van der Waals surface area contributed by atoms with Gasteiger partial charge in [0.05, 0.1) is 17.2 Å². The van der Waals surface area contributed by atoms with Crippen molar-refractivity contribution in [1.29, 1.82) is 0 Å². The first-order valence-corrected chi connectivity index (χ1v) is 8.44. The van der Waals surface area contributed by atoms with Gasteiger partial charge >= 0.3 is 5.69 Å². The Bertz CT molecular complexity index is 1110. The lowest BCUT2D eigenvalue weighted by Crippen LogP contribution is -2.24. The molecule has 0 amide bonds. The number of rotatable bonds is 4. The summed E-state index contributed by atoms with van der Waals surface area (Å²) < 4.78 is 9.27. The molecule has 5 nitrogen and oxygen atoms in total. The van der Waals surface area contributed by atoms with Crippen molar-refractivity contribution in [3.05, 3.63) is 76.1 Å². The van der Waals surface area contributed by atoms with E-state index in [1.165, 1.54) is 0 Å². The van der Waals surface area contributed by atoms with E-state index in [9.17, 15) is 4.79 Å². The number of para-hydroxylation sites is 2. The second-order valence-electron chi connectivity index (χ2n) is 5.73. The number of imidazole rings is 1. The van der Waals surface area contributed by atoms with E-state index in [2.05, 4.69) is 4.98 Å². The lowest BCUT2D eigenvalue weighted by Gasteiger charge is -2.00. The molecule has 0 radical (unpaired) electrons. The summed E-state index contributed by atoms with van der Waals surface area (Å²) in [5, 5.41) is 0.637. The van der Waals surface area contributed by atoms with Gasteiger partial charge in [0.25, 0.3) is 0 Å². The average Bonchev–Trinajstić information content (AvgIpc) is 3.19. The molecule has 4 aromatic rings. The van der Waals surface area contributed by atoms with Gasteiger partial charge in [0, 0.05) is 17.1 Å². The van der Waals surface area contributed by atoms with Gasteiger partial charge in [-0.25, -0.2) is 9.78 Å². The third kappa shape index (κ3) is 2.76. The highest BCUT2D eigenvalue weighted by Gasteiger charge is 2.14. The Balaban J connectivity index is 1.74. The molecule has 0 spiro atoms. The fourth-order valence-electron chi connectivity index (χ4n) is 3.02. The summed E-state index contributed by atoms with van der Waals surface area (Å²) in [6.07, 6.45) is 1.66. The highest BCUT2D eigenvalue weighted by atomic mass is 35.5. The van der Waals surface area contributed by atoms with Crippen LogP contribution >= 0.6 is 11.6 Å². The predicted octanol–water partition coefficient (Wildman–Crippen LogP) is 4.18. The van der Waals surface area contributed by atoms with Crippen molar-refractivity contribution < 1.29 is 4.42 Å². The molecule has 2 aromatic heterocycles. The summed E-state index contributed by atoms with van der Waals surface area (Å²) in [7, 11) is 0. The first-order valence-electron chi connectivity index (χ1n) is 8.06. The van der Waals surface area contributed by atoms with Crippen LogP contribution in [-0.2, 0) is 13.1 Å². The van der Waals surface area contributed by atoms with Gasteiger partial charge < -0.3 is 4.42 Å². The molecule has 0 atom stereocenters. The van der Waals surface area contributed by atoms with E-state index in [1.54, 1.807) is 15.3 Å². The van der Waals surface area contributed by atoms with Gasteiger partial charge in [-0.1, -0.05) is 35.9 Å². The molecule has 6 heteroatoms. The fraction of sp³-hybridized carbons (Fsp3) is 0.158. The molecule has 2 aromatic carbocycles. The number of hydrogen-bond donors (Lipinski definition) is 0. The second kappa shape index (κ2) is 6.26. The van der Waals surface area contributed by atoms with E-state index in [1.807, 2.05) is 55.5 Å². The Morgan fingerprint density at radius 1 is 1.08 bits per heavy atom. The third-order valence-electron chi connectivity index (χ3n) is 4.20. The Kier molecular flexibility index (Phi) is 3.93. The van der Waals surface area contributed by atoms with Crippen molar-refractivity contribution in [2.75, 3.05) is 0 Å². The molecule has 0 aliphatic rings. The first kappa shape index (κ1) is 15.7. The van der Waals surface area contributed by atoms with Gasteiger partial charge in [-0.05, 0) is 31.2 Å². The van der Waals surface area contributed by atoms with E-state index < -0.39 is 0 Å². The van der Waals surface area contributed by atoms with Crippen molar-refractivity contribution in [2.24, 2.45) is 0 Å². The van der Waals surface area contributed by atoms with Crippen LogP contribution in [0.2, 0.25) is 5.02 Å². The lowest BCUT2D eigenvalue weighted by atomic mass is 10.2. The Labute approximate surface area is 149 Å². The van der Waals surface area contributed by atoms with Crippen LogP contribution in [-0.4, -0.2) is 14.1 Å². The van der Waals surface area contributed by atoms with Crippen molar-refractivity contribution in [2.45, 2.75) is 20.0 Å². The van der Waals surface area contributed by atoms with Crippen LogP contribution in [0.4, 0.5) is 0 Å². The third-order valence-corrected chi connectivity index (χ3v) is 4.43. The van der Waals surface area contributed by atoms with Gasteiger partial charge in [0.1, 0.15) is 6.54 Å². The molecule has 0 saturated carbocycles. The molecule has 0 bridgehead atoms. The number of aromatic nitrogens is 3. The molecule has 0 fully saturated rings. The van der Waals surface area contributed by atoms with Gasteiger partial charge in [-0.3, -0.25) is 9.13 Å². The van der Waals surface area contributed by atoms with Crippen LogP contribution in [0.5, 0.6) is 0 Å². The number of hydrogen-bond acceptors (Lipinski definition) is 3. The maximum absolute atomic E-state index is 12.7. The lowest BCUT2D eigenvalue weighted by molar-refractivity contribution is 0.485. The number of benzene rings is 2. The molecule has 4 rings (SSSR count). The zero-order chi connectivity index (χ0) is 17.4. The van der Waals surface area contributed by atoms with E-state index in [0.717, 1.165) is 16.6 Å². The minimum absolute atomic E-state index is 0.0637. The maximum atomic E-state index is 12.7. The number of fused-ring (bicyclic) bond motifs is 1. The summed E-state index contributed by atoms with van der Waals surface area (Å²) >= 11 is 6.03. The van der Waals surface area contributed by atoms with Crippen LogP contribution in [0.15, 0.2) is 63.9 Å². The highest BCUT2D eigenvalue weighted by Crippen LogP contribution is 2.24. The average molecular weight is 354 g/mol. The molecular weight excluding hydrogens is 338 g/mol. The summed E-state index contributed by atoms with van der Waals surface area (Å²) in [4.78, 5) is 17.0. The smallest absolute Gasteiger partial charge is 0.329 e. The zero-order valence-corrected chi connectivity index (χ0v) is 14.4. The molecule has 0 N–H and O–H groups in total. The number of oxazole rings is 1. The Morgan fingerprint density at radius 2 is 1.84 bits per heavy atom. The number of halogens is 1. The summed E-state index contributed by atoms with van der Waals surface area (Å²) in [5.74, 6) is 1.11. The number of nitrogens with zero attached hydrogens (tertiary/aromatic N) is 3. The quantitative estimate of drug-likeness (QED) is 0.553. The second-order valence-corrected chi connectivity index (χ2v) is 6.17. The summed E-state index contributed by atoms with van der Waals surface area (Å²) in [5.41, 5.74) is 2.58. The van der Waals surface area contributed by atoms with E-state index in [0.29, 0.717) is 23.2 Å². The van der Waals surface area contributed by atoms with Crippen molar-refractivity contribution in [3.8, 4) is 11.3 Å². The molecule has 0 aliphatic carbocycles.